The average molecular weight is 260 g/mol. The van der Waals surface area contributed by atoms with E-state index in [1.54, 1.807) is 0 Å². The predicted octanol–water partition coefficient (Wildman–Crippen LogP) is 2.30. The number of amides is 1. The minimum Gasteiger partial charge on any atom is -0.356 e. The van der Waals surface area contributed by atoms with E-state index in [0.717, 1.165) is 37.5 Å². The molecule has 104 valence electrons. The molecule has 0 aromatic heterocycles. The summed E-state index contributed by atoms with van der Waals surface area (Å²) in [6.07, 6.45) is 3.59. The van der Waals surface area contributed by atoms with E-state index in [2.05, 4.69) is 10.6 Å². The summed E-state index contributed by atoms with van der Waals surface area (Å²) in [6.45, 7) is 5.02. The molecule has 1 heterocycles. The summed E-state index contributed by atoms with van der Waals surface area (Å²) >= 11 is 0. The Labute approximate surface area is 115 Å². The first-order valence-corrected chi connectivity index (χ1v) is 7.30. The summed E-state index contributed by atoms with van der Waals surface area (Å²) in [6, 6.07) is 9.96. The summed E-state index contributed by atoms with van der Waals surface area (Å²) in [5.74, 6) is 0.850. The van der Waals surface area contributed by atoms with Crippen molar-refractivity contribution in [3.8, 4) is 0 Å². The lowest BCUT2D eigenvalue weighted by Crippen LogP contribution is -2.33. The summed E-state index contributed by atoms with van der Waals surface area (Å²) in [5.41, 5.74) is 1.09. The fourth-order valence-corrected chi connectivity index (χ4v) is 2.62. The van der Waals surface area contributed by atoms with Crippen LogP contribution in [0.4, 0.5) is 0 Å². The van der Waals surface area contributed by atoms with Crippen molar-refractivity contribution in [2.24, 2.45) is 5.92 Å². The molecule has 1 unspecified atom stereocenters. The van der Waals surface area contributed by atoms with Gasteiger partial charge in [0.1, 0.15) is 0 Å². The molecular weight excluding hydrogens is 236 g/mol. The van der Waals surface area contributed by atoms with E-state index < -0.39 is 0 Å². The first-order valence-electron chi connectivity index (χ1n) is 7.30. The van der Waals surface area contributed by atoms with Gasteiger partial charge in [0, 0.05) is 6.54 Å². The number of piperidine rings is 1. The summed E-state index contributed by atoms with van der Waals surface area (Å²) < 4.78 is 0. The summed E-state index contributed by atoms with van der Waals surface area (Å²) in [7, 11) is 0. The summed E-state index contributed by atoms with van der Waals surface area (Å²) in [5, 5.41) is 6.44. The van der Waals surface area contributed by atoms with Crippen molar-refractivity contribution < 1.29 is 4.79 Å². The zero-order valence-electron chi connectivity index (χ0n) is 11.7. The largest absolute Gasteiger partial charge is 0.356 e. The van der Waals surface area contributed by atoms with Gasteiger partial charge in [0.05, 0.1) is 5.92 Å². The Hall–Kier alpha value is -1.35. The molecule has 0 spiro atoms. The molecule has 1 fully saturated rings. The first-order chi connectivity index (χ1) is 9.27. The smallest absolute Gasteiger partial charge is 0.227 e. The van der Waals surface area contributed by atoms with Crippen LogP contribution in [0.1, 0.15) is 37.7 Å². The lowest BCUT2D eigenvalue weighted by Gasteiger charge is -2.22. The average Bonchev–Trinajstić information content (AvgIpc) is 2.48. The van der Waals surface area contributed by atoms with Gasteiger partial charge in [0.2, 0.25) is 5.91 Å². The number of carbonyl (C=O) groups excluding carboxylic acids is 1. The van der Waals surface area contributed by atoms with E-state index >= 15 is 0 Å². The van der Waals surface area contributed by atoms with Crippen LogP contribution in [0.25, 0.3) is 0 Å². The maximum absolute atomic E-state index is 12.1. The van der Waals surface area contributed by atoms with Crippen molar-refractivity contribution in [3.63, 3.8) is 0 Å². The number of hydrogen-bond donors (Lipinski definition) is 2. The monoisotopic (exact) mass is 260 g/mol. The Bertz CT molecular complexity index is 385. The van der Waals surface area contributed by atoms with Gasteiger partial charge in [0.15, 0.2) is 0 Å². The summed E-state index contributed by atoms with van der Waals surface area (Å²) in [4.78, 5) is 12.1. The van der Waals surface area contributed by atoms with Crippen LogP contribution in [0.5, 0.6) is 0 Å². The van der Waals surface area contributed by atoms with Crippen molar-refractivity contribution in [1.29, 1.82) is 0 Å². The zero-order valence-corrected chi connectivity index (χ0v) is 11.7. The highest BCUT2D eigenvalue weighted by molar-refractivity contribution is 5.83. The molecule has 1 aromatic carbocycles. The van der Waals surface area contributed by atoms with Gasteiger partial charge in [-0.25, -0.2) is 0 Å². The second kappa shape index (κ2) is 7.29. The predicted molar refractivity (Wildman–Crippen MR) is 78.1 cm³/mol. The van der Waals surface area contributed by atoms with Crippen LogP contribution in [-0.4, -0.2) is 25.5 Å². The maximum atomic E-state index is 12.1. The molecule has 0 radical (unpaired) electrons. The highest BCUT2D eigenvalue weighted by atomic mass is 16.1. The highest BCUT2D eigenvalue weighted by Crippen LogP contribution is 2.16. The molecule has 1 atom stereocenters. The Balaban J connectivity index is 1.72. The molecule has 3 nitrogen and oxygen atoms in total. The molecule has 0 bridgehead atoms. The number of nitrogens with one attached hydrogen (secondary N) is 2. The van der Waals surface area contributed by atoms with E-state index in [1.807, 2.05) is 37.3 Å². The van der Waals surface area contributed by atoms with Gasteiger partial charge in [-0.2, -0.15) is 0 Å². The topological polar surface area (TPSA) is 41.1 Å². The fraction of sp³-hybridized carbons (Fsp3) is 0.562. The van der Waals surface area contributed by atoms with E-state index in [9.17, 15) is 4.79 Å². The zero-order chi connectivity index (χ0) is 13.5. The van der Waals surface area contributed by atoms with Gasteiger partial charge in [0.25, 0.3) is 0 Å². The first kappa shape index (κ1) is 14.1. The van der Waals surface area contributed by atoms with Crippen LogP contribution in [0.3, 0.4) is 0 Å². The van der Waals surface area contributed by atoms with Crippen molar-refractivity contribution in [2.75, 3.05) is 19.6 Å². The SMILES string of the molecule is CC(C(=O)NCCC1CCNCC1)c1ccccc1. The molecule has 0 saturated carbocycles. The van der Waals surface area contributed by atoms with Gasteiger partial charge >= 0.3 is 0 Å². The van der Waals surface area contributed by atoms with Gasteiger partial charge in [-0.05, 0) is 50.8 Å². The Morgan fingerprint density at radius 1 is 1.32 bits per heavy atom. The Kier molecular flexibility index (Phi) is 5.40. The third kappa shape index (κ3) is 4.35. The highest BCUT2D eigenvalue weighted by Gasteiger charge is 2.16. The number of benzene rings is 1. The quantitative estimate of drug-likeness (QED) is 0.853. The van der Waals surface area contributed by atoms with Gasteiger partial charge in [-0.15, -0.1) is 0 Å². The molecular formula is C16H24N2O. The van der Waals surface area contributed by atoms with E-state index in [1.165, 1.54) is 12.8 Å². The molecule has 2 rings (SSSR count). The minimum absolute atomic E-state index is 0.0609. The molecule has 3 heteroatoms. The maximum Gasteiger partial charge on any atom is 0.227 e. The van der Waals surface area contributed by atoms with Crippen LogP contribution in [-0.2, 0) is 4.79 Å². The molecule has 1 amide bonds. The van der Waals surface area contributed by atoms with Crippen molar-refractivity contribution in [1.82, 2.24) is 10.6 Å². The molecule has 1 aromatic rings. The van der Waals surface area contributed by atoms with Crippen molar-refractivity contribution in [2.45, 2.75) is 32.1 Å². The molecule has 1 saturated heterocycles. The lowest BCUT2D eigenvalue weighted by molar-refractivity contribution is -0.122. The lowest BCUT2D eigenvalue weighted by atomic mass is 9.94. The van der Waals surface area contributed by atoms with E-state index in [-0.39, 0.29) is 11.8 Å². The second-order valence-corrected chi connectivity index (χ2v) is 5.41. The van der Waals surface area contributed by atoms with Crippen LogP contribution in [0.2, 0.25) is 0 Å². The third-order valence-electron chi connectivity index (χ3n) is 4.00. The van der Waals surface area contributed by atoms with E-state index in [4.69, 9.17) is 0 Å². The van der Waals surface area contributed by atoms with Gasteiger partial charge in [-0.1, -0.05) is 30.3 Å². The number of hydrogen-bond acceptors (Lipinski definition) is 2. The molecule has 0 aliphatic carbocycles. The molecule has 1 aliphatic rings. The Morgan fingerprint density at radius 2 is 2.00 bits per heavy atom. The third-order valence-corrected chi connectivity index (χ3v) is 4.00. The van der Waals surface area contributed by atoms with Gasteiger partial charge < -0.3 is 10.6 Å². The van der Waals surface area contributed by atoms with E-state index in [0.29, 0.717) is 0 Å². The standard InChI is InChI=1S/C16H24N2O/c1-13(15-5-3-2-4-6-15)16(19)18-12-9-14-7-10-17-11-8-14/h2-6,13-14,17H,7-12H2,1H3,(H,18,19). The molecule has 1 aliphatic heterocycles. The van der Waals surface area contributed by atoms with Crippen LogP contribution < -0.4 is 10.6 Å². The molecule has 19 heavy (non-hydrogen) atoms. The van der Waals surface area contributed by atoms with Crippen LogP contribution in [0, 0.1) is 5.92 Å². The number of rotatable bonds is 5. The second-order valence-electron chi connectivity index (χ2n) is 5.41. The normalized spacial score (nSPS) is 17.9. The minimum atomic E-state index is -0.0609. The van der Waals surface area contributed by atoms with Crippen molar-refractivity contribution in [3.05, 3.63) is 35.9 Å². The fourth-order valence-electron chi connectivity index (χ4n) is 2.62. The Morgan fingerprint density at radius 3 is 2.68 bits per heavy atom. The van der Waals surface area contributed by atoms with Crippen molar-refractivity contribution >= 4 is 5.91 Å². The van der Waals surface area contributed by atoms with Crippen LogP contribution in [0.15, 0.2) is 30.3 Å². The van der Waals surface area contributed by atoms with Gasteiger partial charge in [-0.3, -0.25) is 4.79 Å². The van der Waals surface area contributed by atoms with Crippen LogP contribution >= 0.6 is 0 Å². The number of carbonyl (C=O) groups is 1. The molecule has 2 N–H and O–H groups in total.